The molecule has 0 radical (unpaired) electrons. The molecule has 0 aliphatic heterocycles. The van der Waals surface area contributed by atoms with Crippen molar-refractivity contribution < 1.29 is 0 Å². The molecule has 4 heteroatoms. The summed E-state index contributed by atoms with van der Waals surface area (Å²) in [4.78, 5) is 18.9. The second-order valence-corrected chi connectivity index (χ2v) is 10.0. The van der Waals surface area contributed by atoms with Crippen molar-refractivity contribution in [3.05, 3.63) is 158 Å². The topological polar surface area (TPSA) is 51.6 Å². The number of pyridine rings is 1. The average molecular weight is 539 g/mol. The molecule has 0 saturated carbocycles. The molecule has 0 amide bonds. The van der Waals surface area contributed by atoms with Gasteiger partial charge < -0.3 is 0 Å². The molecular formula is C38H26N4. The molecule has 2 aromatic heterocycles. The molecule has 4 nitrogen and oxygen atoms in total. The van der Waals surface area contributed by atoms with Crippen LogP contribution >= 0.6 is 0 Å². The summed E-state index contributed by atoms with van der Waals surface area (Å²) in [5.41, 5.74) is 9.69. The van der Waals surface area contributed by atoms with Crippen LogP contribution in [0.2, 0.25) is 0 Å². The van der Waals surface area contributed by atoms with E-state index in [1.807, 2.05) is 48.7 Å². The van der Waals surface area contributed by atoms with E-state index in [1.165, 1.54) is 5.56 Å². The lowest BCUT2D eigenvalue weighted by Crippen LogP contribution is -2.00. The standard InChI is InChI=1S/C38H26N4/c1-3-8-27(9-4-1)28-17-21-33(22-18-28)37-40-36(32-10-5-2-6-11-32)41-38(42-37)34-23-19-30(20-24-34)29-13-15-31(16-14-29)35-12-7-25-39-26-35/h1-26H. The molecule has 42 heavy (non-hydrogen) atoms. The molecule has 7 aromatic rings. The number of nitrogens with zero attached hydrogens (tertiary/aromatic N) is 4. The Hall–Kier alpha value is -5.74. The van der Waals surface area contributed by atoms with Crippen molar-refractivity contribution >= 4 is 0 Å². The van der Waals surface area contributed by atoms with Crippen LogP contribution in [0.4, 0.5) is 0 Å². The molecule has 0 aliphatic rings. The van der Waals surface area contributed by atoms with Crippen molar-refractivity contribution in [1.82, 2.24) is 19.9 Å². The number of hydrogen-bond acceptors (Lipinski definition) is 4. The van der Waals surface area contributed by atoms with E-state index in [0.29, 0.717) is 17.5 Å². The first-order chi connectivity index (χ1) is 20.8. The minimum absolute atomic E-state index is 0.643. The molecule has 198 valence electrons. The minimum Gasteiger partial charge on any atom is -0.264 e. The first-order valence-electron chi connectivity index (χ1n) is 13.9. The van der Waals surface area contributed by atoms with Gasteiger partial charge in [0.25, 0.3) is 0 Å². The molecule has 0 spiro atoms. The van der Waals surface area contributed by atoms with Crippen LogP contribution in [-0.2, 0) is 0 Å². The molecule has 0 N–H and O–H groups in total. The zero-order chi connectivity index (χ0) is 28.1. The van der Waals surface area contributed by atoms with Gasteiger partial charge in [0.1, 0.15) is 0 Å². The molecule has 7 rings (SSSR count). The number of hydrogen-bond donors (Lipinski definition) is 0. The maximum Gasteiger partial charge on any atom is 0.164 e. The van der Waals surface area contributed by atoms with Gasteiger partial charge in [-0.3, -0.25) is 4.98 Å². The summed E-state index contributed by atoms with van der Waals surface area (Å²) in [7, 11) is 0. The first-order valence-corrected chi connectivity index (χ1v) is 13.9. The van der Waals surface area contributed by atoms with Gasteiger partial charge >= 0.3 is 0 Å². The van der Waals surface area contributed by atoms with E-state index in [4.69, 9.17) is 15.0 Å². The van der Waals surface area contributed by atoms with Crippen LogP contribution in [0.3, 0.4) is 0 Å². The zero-order valence-electron chi connectivity index (χ0n) is 22.8. The monoisotopic (exact) mass is 538 g/mol. The maximum absolute atomic E-state index is 4.92. The fraction of sp³-hybridized carbons (Fsp3) is 0. The van der Waals surface area contributed by atoms with Crippen LogP contribution in [-0.4, -0.2) is 19.9 Å². The van der Waals surface area contributed by atoms with Gasteiger partial charge in [-0.15, -0.1) is 0 Å². The van der Waals surface area contributed by atoms with Gasteiger partial charge in [-0.05, 0) is 39.4 Å². The second kappa shape index (κ2) is 11.4. The summed E-state index contributed by atoms with van der Waals surface area (Å²) in [5.74, 6) is 1.94. The van der Waals surface area contributed by atoms with Crippen molar-refractivity contribution in [3.63, 3.8) is 0 Å². The lowest BCUT2D eigenvalue weighted by Gasteiger charge is -2.10. The molecule has 0 bridgehead atoms. The fourth-order valence-corrected chi connectivity index (χ4v) is 4.99. The molecule has 0 aliphatic carbocycles. The predicted molar refractivity (Wildman–Crippen MR) is 170 cm³/mol. The van der Waals surface area contributed by atoms with Crippen molar-refractivity contribution in [3.8, 4) is 67.5 Å². The highest BCUT2D eigenvalue weighted by Gasteiger charge is 2.13. The first kappa shape index (κ1) is 25.2. The van der Waals surface area contributed by atoms with Gasteiger partial charge in [-0.25, -0.2) is 15.0 Å². The highest BCUT2D eigenvalue weighted by molar-refractivity contribution is 5.73. The quantitative estimate of drug-likeness (QED) is 0.212. The van der Waals surface area contributed by atoms with Crippen molar-refractivity contribution in [2.75, 3.05) is 0 Å². The highest BCUT2D eigenvalue weighted by atomic mass is 15.0. The van der Waals surface area contributed by atoms with Gasteiger partial charge in [0.15, 0.2) is 17.5 Å². The van der Waals surface area contributed by atoms with E-state index in [1.54, 1.807) is 6.20 Å². The Labute approximate surface area is 245 Å². The molecule has 0 unspecified atom stereocenters. The summed E-state index contributed by atoms with van der Waals surface area (Å²) >= 11 is 0. The highest BCUT2D eigenvalue weighted by Crippen LogP contribution is 2.29. The Bertz CT molecular complexity index is 1920. The van der Waals surface area contributed by atoms with E-state index in [2.05, 4.69) is 108 Å². The fourth-order valence-electron chi connectivity index (χ4n) is 4.99. The summed E-state index contributed by atoms with van der Waals surface area (Å²) in [6, 6.07) is 49.8. The molecule has 0 saturated heterocycles. The Balaban J connectivity index is 1.22. The summed E-state index contributed by atoms with van der Waals surface area (Å²) in [5, 5.41) is 0. The Morgan fingerprint density at radius 1 is 0.262 bits per heavy atom. The summed E-state index contributed by atoms with van der Waals surface area (Å²) in [6.45, 7) is 0. The van der Waals surface area contributed by atoms with Gasteiger partial charge in [-0.1, -0.05) is 140 Å². The maximum atomic E-state index is 4.92. The van der Waals surface area contributed by atoms with Crippen LogP contribution in [0.1, 0.15) is 0 Å². The predicted octanol–water partition coefficient (Wildman–Crippen LogP) is 9.27. The normalized spacial score (nSPS) is 10.9. The van der Waals surface area contributed by atoms with Gasteiger partial charge in [0, 0.05) is 29.1 Å². The van der Waals surface area contributed by atoms with Gasteiger partial charge in [0.2, 0.25) is 0 Å². The number of rotatable bonds is 6. The van der Waals surface area contributed by atoms with Crippen molar-refractivity contribution in [2.24, 2.45) is 0 Å². The summed E-state index contributed by atoms with van der Waals surface area (Å²) < 4.78 is 0. The van der Waals surface area contributed by atoms with Crippen LogP contribution in [0.15, 0.2) is 158 Å². The van der Waals surface area contributed by atoms with Crippen LogP contribution in [0.25, 0.3) is 67.5 Å². The second-order valence-electron chi connectivity index (χ2n) is 10.0. The SMILES string of the molecule is c1ccc(-c2ccc(-c3nc(-c4ccccc4)nc(-c4ccc(-c5ccc(-c6cccnc6)cc5)cc4)n3)cc2)cc1. The molecule has 0 fully saturated rings. The molecule has 2 heterocycles. The van der Waals surface area contributed by atoms with Gasteiger partial charge in [0.05, 0.1) is 0 Å². The van der Waals surface area contributed by atoms with Crippen LogP contribution in [0, 0.1) is 0 Å². The third-order valence-electron chi connectivity index (χ3n) is 7.27. The van der Waals surface area contributed by atoms with Crippen LogP contribution < -0.4 is 0 Å². The number of aromatic nitrogens is 4. The largest absolute Gasteiger partial charge is 0.264 e. The lowest BCUT2D eigenvalue weighted by molar-refractivity contribution is 1.07. The number of benzene rings is 5. The Morgan fingerprint density at radius 2 is 0.571 bits per heavy atom. The van der Waals surface area contributed by atoms with E-state index in [-0.39, 0.29) is 0 Å². The van der Waals surface area contributed by atoms with Crippen molar-refractivity contribution in [1.29, 1.82) is 0 Å². The van der Waals surface area contributed by atoms with Crippen LogP contribution in [0.5, 0.6) is 0 Å². The van der Waals surface area contributed by atoms with E-state index < -0.39 is 0 Å². The Kier molecular flexibility index (Phi) is 6.85. The van der Waals surface area contributed by atoms with E-state index >= 15 is 0 Å². The average Bonchev–Trinajstić information content (AvgIpc) is 3.09. The lowest BCUT2D eigenvalue weighted by atomic mass is 10.00. The van der Waals surface area contributed by atoms with E-state index in [0.717, 1.165) is 44.5 Å². The van der Waals surface area contributed by atoms with E-state index in [9.17, 15) is 0 Å². The Morgan fingerprint density at radius 3 is 0.976 bits per heavy atom. The third kappa shape index (κ3) is 5.34. The smallest absolute Gasteiger partial charge is 0.164 e. The zero-order valence-corrected chi connectivity index (χ0v) is 22.8. The minimum atomic E-state index is 0.643. The van der Waals surface area contributed by atoms with Crippen molar-refractivity contribution in [2.45, 2.75) is 0 Å². The molecule has 5 aromatic carbocycles. The van der Waals surface area contributed by atoms with Gasteiger partial charge in [-0.2, -0.15) is 0 Å². The third-order valence-corrected chi connectivity index (χ3v) is 7.27. The summed E-state index contributed by atoms with van der Waals surface area (Å²) in [6.07, 6.45) is 3.67. The molecule has 0 atom stereocenters. The molecular weight excluding hydrogens is 512 g/mol.